The normalized spacial score (nSPS) is 10.9. The van der Waals surface area contributed by atoms with Crippen molar-refractivity contribution in [2.75, 3.05) is 26.2 Å². The Kier molecular flexibility index (Phi) is 8.89. The van der Waals surface area contributed by atoms with Crippen LogP contribution < -0.4 is 15.8 Å². The summed E-state index contributed by atoms with van der Waals surface area (Å²) in [5.41, 5.74) is 8.96. The Morgan fingerprint density at radius 3 is 2.53 bits per heavy atom. The fourth-order valence-electron chi connectivity index (χ4n) is 3.82. The molecule has 0 fully saturated rings. The Hall–Kier alpha value is -4.62. The Morgan fingerprint density at radius 2 is 1.87 bits per heavy atom. The van der Waals surface area contributed by atoms with Crippen molar-refractivity contribution in [1.29, 1.82) is 5.26 Å². The summed E-state index contributed by atoms with van der Waals surface area (Å²) in [5.74, 6) is 0.212. The van der Waals surface area contributed by atoms with Crippen LogP contribution in [0.1, 0.15) is 31.9 Å². The van der Waals surface area contributed by atoms with E-state index in [9.17, 15) is 20.0 Å². The number of anilines is 1. The third-order valence-corrected chi connectivity index (χ3v) is 5.72. The van der Waals surface area contributed by atoms with Gasteiger partial charge in [0.25, 0.3) is 0 Å². The number of hydrogen-bond donors (Lipinski definition) is 3. The fraction of sp³-hybridized carbons (Fsp3) is 0.286. The number of rotatable bonds is 9. The molecule has 1 heterocycles. The number of ether oxygens (including phenoxy) is 2. The molecular formula is C28H31N5O5. The van der Waals surface area contributed by atoms with Crippen LogP contribution in [0.3, 0.4) is 0 Å². The van der Waals surface area contributed by atoms with Crippen LogP contribution in [-0.4, -0.2) is 53.0 Å². The zero-order valence-electron chi connectivity index (χ0n) is 21.8. The molecular weight excluding hydrogens is 486 g/mol. The highest BCUT2D eigenvalue weighted by Crippen LogP contribution is 2.35. The molecule has 0 saturated carbocycles. The molecule has 38 heavy (non-hydrogen) atoms. The number of aromatic nitrogens is 1. The van der Waals surface area contributed by atoms with Gasteiger partial charge < -0.3 is 25.6 Å². The van der Waals surface area contributed by atoms with Gasteiger partial charge in [-0.15, -0.1) is 0 Å². The number of nitriles is 1. The maximum Gasteiger partial charge on any atom is 0.408 e. The number of amides is 2. The minimum Gasteiger partial charge on any atom is -0.467 e. The first-order valence-electron chi connectivity index (χ1n) is 11.8. The summed E-state index contributed by atoms with van der Waals surface area (Å²) >= 11 is 0. The van der Waals surface area contributed by atoms with Crippen molar-refractivity contribution in [3.63, 3.8) is 0 Å². The van der Waals surface area contributed by atoms with Gasteiger partial charge in [0.1, 0.15) is 29.7 Å². The molecule has 0 spiro atoms. The van der Waals surface area contributed by atoms with Crippen molar-refractivity contribution in [3.05, 3.63) is 65.7 Å². The third-order valence-electron chi connectivity index (χ3n) is 5.72. The minimum absolute atomic E-state index is 0.0589. The highest BCUT2D eigenvalue weighted by atomic mass is 16.7. The molecule has 10 heteroatoms. The second kappa shape index (κ2) is 12.1. The Labute approximate surface area is 221 Å². The van der Waals surface area contributed by atoms with Crippen molar-refractivity contribution >= 4 is 17.8 Å². The average molecular weight is 518 g/mol. The average Bonchev–Trinajstić information content (AvgIpc) is 2.88. The van der Waals surface area contributed by atoms with E-state index in [1.54, 1.807) is 32.9 Å². The predicted molar refractivity (Wildman–Crippen MR) is 143 cm³/mol. The number of nitrogen functional groups attached to an aromatic ring is 1. The van der Waals surface area contributed by atoms with Gasteiger partial charge in [-0.05, 0) is 56.2 Å². The van der Waals surface area contributed by atoms with E-state index in [1.807, 2.05) is 42.5 Å². The minimum atomic E-state index is -1.17. The van der Waals surface area contributed by atoms with Crippen molar-refractivity contribution in [3.8, 4) is 34.2 Å². The second-order valence-electron chi connectivity index (χ2n) is 9.49. The molecule has 0 aliphatic carbocycles. The number of nitrogens with one attached hydrogen (secondary N) is 1. The molecule has 0 atom stereocenters. The molecule has 3 rings (SSSR count). The predicted octanol–water partition coefficient (Wildman–Crippen LogP) is 4.25. The number of methoxy groups -OCH3 is 1. The molecule has 0 bridgehead atoms. The molecule has 2 aromatic carbocycles. The van der Waals surface area contributed by atoms with Gasteiger partial charge in [0.05, 0.1) is 5.69 Å². The lowest BCUT2D eigenvalue weighted by Gasteiger charge is -2.32. The number of hydrogen-bond acceptors (Lipinski definition) is 7. The van der Waals surface area contributed by atoms with E-state index < -0.39 is 17.5 Å². The maximum atomic E-state index is 12.5. The van der Waals surface area contributed by atoms with Crippen molar-refractivity contribution < 1.29 is 24.2 Å². The number of nitrogens with two attached hydrogens (primary N) is 1. The lowest BCUT2D eigenvalue weighted by molar-refractivity contribution is -0.123. The number of nitrogens with zero attached hydrogens (tertiary/aromatic N) is 3. The number of para-hydroxylation sites is 1. The topological polar surface area (TPSA) is 151 Å². The molecule has 0 aliphatic rings. The summed E-state index contributed by atoms with van der Waals surface area (Å²) in [5, 5.41) is 22.0. The van der Waals surface area contributed by atoms with Crippen LogP contribution in [0.15, 0.2) is 54.6 Å². The summed E-state index contributed by atoms with van der Waals surface area (Å²) in [4.78, 5) is 29.5. The van der Waals surface area contributed by atoms with Gasteiger partial charge in [0.15, 0.2) is 6.79 Å². The van der Waals surface area contributed by atoms with E-state index in [2.05, 4.69) is 16.4 Å². The van der Waals surface area contributed by atoms with E-state index in [0.29, 0.717) is 28.1 Å². The lowest BCUT2D eigenvalue weighted by atomic mass is 9.97. The summed E-state index contributed by atoms with van der Waals surface area (Å²) in [6.07, 6.45) is -1.17. The molecule has 4 N–H and O–H groups in total. The van der Waals surface area contributed by atoms with Crippen LogP contribution in [0.5, 0.6) is 5.75 Å². The smallest absolute Gasteiger partial charge is 0.408 e. The van der Waals surface area contributed by atoms with Gasteiger partial charge in [-0.3, -0.25) is 9.69 Å². The van der Waals surface area contributed by atoms with Gasteiger partial charge in [-0.1, -0.05) is 30.3 Å². The van der Waals surface area contributed by atoms with Crippen molar-refractivity contribution in [2.45, 2.75) is 32.9 Å². The van der Waals surface area contributed by atoms with E-state index in [4.69, 9.17) is 15.2 Å². The molecule has 10 nitrogen and oxygen atoms in total. The van der Waals surface area contributed by atoms with Gasteiger partial charge in [-0.25, -0.2) is 9.78 Å². The zero-order valence-corrected chi connectivity index (χ0v) is 21.8. The summed E-state index contributed by atoms with van der Waals surface area (Å²) in [7, 11) is 1.53. The summed E-state index contributed by atoms with van der Waals surface area (Å²) in [6, 6.07) is 18.5. The lowest BCUT2D eigenvalue weighted by Crippen LogP contribution is -2.49. The molecule has 198 valence electrons. The van der Waals surface area contributed by atoms with E-state index in [-0.39, 0.29) is 31.3 Å². The SMILES string of the molecule is COCOc1ccccc1-c1cc(-c2cccc(CNC(=O)CN(C(=O)O)C(C)(C)C)c2)c(C#N)c(N)n1. The van der Waals surface area contributed by atoms with Crippen molar-refractivity contribution in [2.24, 2.45) is 0 Å². The van der Waals surface area contributed by atoms with Crippen LogP contribution in [0.2, 0.25) is 0 Å². The highest BCUT2D eigenvalue weighted by Gasteiger charge is 2.28. The standard InChI is InChI=1S/C28H31N5O5/c1-28(2,3)33(27(35)36)16-25(34)31-15-18-8-7-9-19(12-18)21-13-23(32-26(30)22(21)14-29)20-10-5-6-11-24(20)38-17-37-4/h5-13H,15-17H2,1-4H3,(H2,30,32)(H,31,34)(H,35,36). The first-order chi connectivity index (χ1) is 18.0. The molecule has 3 aromatic rings. The van der Waals surface area contributed by atoms with Gasteiger partial charge in [-0.2, -0.15) is 5.26 Å². The number of carbonyl (C=O) groups is 2. The van der Waals surface area contributed by atoms with Gasteiger partial charge >= 0.3 is 6.09 Å². The number of benzene rings is 2. The van der Waals surface area contributed by atoms with Gasteiger partial charge in [0.2, 0.25) is 5.91 Å². The second-order valence-corrected chi connectivity index (χ2v) is 9.49. The molecule has 2 amide bonds. The highest BCUT2D eigenvalue weighted by molar-refractivity contribution is 5.83. The molecule has 0 aliphatic heterocycles. The number of pyridine rings is 1. The molecule has 1 aromatic heterocycles. The molecule has 0 unspecified atom stereocenters. The van der Waals surface area contributed by atoms with E-state index in [1.165, 1.54) is 7.11 Å². The fourth-order valence-corrected chi connectivity index (χ4v) is 3.82. The zero-order chi connectivity index (χ0) is 27.9. The first-order valence-corrected chi connectivity index (χ1v) is 11.8. The van der Waals surface area contributed by atoms with Crippen molar-refractivity contribution in [1.82, 2.24) is 15.2 Å². The van der Waals surface area contributed by atoms with Crippen LogP contribution >= 0.6 is 0 Å². The van der Waals surface area contributed by atoms with Crippen LogP contribution in [-0.2, 0) is 16.1 Å². The number of carboxylic acid groups (broad SMARTS) is 1. The van der Waals surface area contributed by atoms with Crippen LogP contribution in [0, 0.1) is 11.3 Å². The quantitative estimate of drug-likeness (QED) is 0.357. The monoisotopic (exact) mass is 517 g/mol. The summed E-state index contributed by atoms with van der Waals surface area (Å²) < 4.78 is 10.7. The van der Waals surface area contributed by atoms with E-state index in [0.717, 1.165) is 10.5 Å². The van der Waals surface area contributed by atoms with Gasteiger partial charge in [0, 0.05) is 30.3 Å². The Balaban J connectivity index is 1.90. The third kappa shape index (κ3) is 6.78. The molecule has 0 saturated heterocycles. The Bertz CT molecular complexity index is 1360. The largest absolute Gasteiger partial charge is 0.467 e. The van der Waals surface area contributed by atoms with E-state index >= 15 is 0 Å². The first kappa shape index (κ1) is 28.0. The Morgan fingerprint density at radius 1 is 1.13 bits per heavy atom. The van der Waals surface area contributed by atoms with Crippen LogP contribution in [0.25, 0.3) is 22.4 Å². The van der Waals surface area contributed by atoms with Crippen LogP contribution in [0.4, 0.5) is 10.6 Å². The molecule has 0 radical (unpaired) electrons. The number of carbonyl (C=O) groups excluding carboxylic acids is 1. The maximum absolute atomic E-state index is 12.5. The summed E-state index contributed by atoms with van der Waals surface area (Å²) in [6.45, 7) is 5.12.